The van der Waals surface area contributed by atoms with Gasteiger partial charge in [-0.25, -0.2) is 0 Å². The molecule has 4 nitrogen and oxygen atoms in total. The fourth-order valence-corrected chi connectivity index (χ4v) is 4.28. The van der Waals surface area contributed by atoms with Gasteiger partial charge in [0.15, 0.2) is 16.6 Å². The zero-order valence-corrected chi connectivity index (χ0v) is 15.4. The number of rotatable bonds is 4. The molecule has 0 saturated heterocycles. The van der Waals surface area contributed by atoms with Gasteiger partial charge in [0.2, 0.25) is 0 Å². The summed E-state index contributed by atoms with van der Waals surface area (Å²) in [5.41, 5.74) is -0.160. The Morgan fingerprint density at radius 2 is 2.04 bits per heavy atom. The predicted molar refractivity (Wildman–Crippen MR) is 91.8 cm³/mol. The number of carbonyl (C=O) groups is 1. The third-order valence-electron chi connectivity index (χ3n) is 3.43. The van der Waals surface area contributed by atoms with Crippen molar-refractivity contribution in [1.82, 2.24) is 14.6 Å². The minimum absolute atomic E-state index is 0.0473. The minimum Gasteiger partial charge on any atom is -0.293 e. The molecule has 3 aromatic rings. The van der Waals surface area contributed by atoms with Gasteiger partial charge in [0.1, 0.15) is 0 Å². The Hall–Kier alpha value is -1.58. The summed E-state index contributed by atoms with van der Waals surface area (Å²) in [6.07, 6.45) is -3.65. The molecule has 132 valence electrons. The first-order valence-corrected chi connectivity index (χ1v) is 9.19. The van der Waals surface area contributed by atoms with Crippen molar-refractivity contribution in [3.05, 3.63) is 44.2 Å². The molecule has 0 aliphatic heterocycles. The lowest BCUT2D eigenvalue weighted by Crippen LogP contribution is -2.07. The SMILES string of the molecule is Cc1cc(C(=O)CSc2nnc3c(Cl)cc(C(F)(F)F)cn23)c(C)s1. The molecule has 0 spiro atoms. The molecule has 3 aromatic heterocycles. The number of alkyl halides is 3. The summed E-state index contributed by atoms with van der Waals surface area (Å²) >= 11 is 8.41. The number of hydrogen-bond donors (Lipinski definition) is 0. The van der Waals surface area contributed by atoms with Crippen LogP contribution >= 0.6 is 34.7 Å². The van der Waals surface area contributed by atoms with E-state index in [0.29, 0.717) is 5.56 Å². The third kappa shape index (κ3) is 3.68. The number of pyridine rings is 1. The Kier molecular flexibility index (Phi) is 4.82. The smallest absolute Gasteiger partial charge is 0.293 e. The van der Waals surface area contributed by atoms with Gasteiger partial charge in [-0.3, -0.25) is 9.20 Å². The molecule has 0 fully saturated rings. The Labute approximate surface area is 154 Å². The maximum atomic E-state index is 12.9. The molecule has 3 rings (SSSR count). The lowest BCUT2D eigenvalue weighted by molar-refractivity contribution is -0.137. The molecule has 0 N–H and O–H groups in total. The fourth-order valence-electron chi connectivity index (χ4n) is 2.30. The van der Waals surface area contributed by atoms with Gasteiger partial charge in [0.25, 0.3) is 0 Å². The van der Waals surface area contributed by atoms with Crippen LogP contribution in [0.15, 0.2) is 23.5 Å². The zero-order chi connectivity index (χ0) is 18.4. The first-order chi connectivity index (χ1) is 11.7. The number of ketones is 1. The van der Waals surface area contributed by atoms with Crippen molar-refractivity contribution in [2.45, 2.75) is 25.2 Å². The molecule has 0 aliphatic rings. The van der Waals surface area contributed by atoms with Crippen molar-refractivity contribution in [2.75, 3.05) is 5.75 Å². The van der Waals surface area contributed by atoms with Gasteiger partial charge in [-0.05, 0) is 26.0 Å². The van der Waals surface area contributed by atoms with Gasteiger partial charge in [-0.1, -0.05) is 23.4 Å². The summed E-state index contributed by atoms with van der Waals surface area (Å²) < 4.78 is 40.0. The monoisotopic (exact) mass is 405 g/mol. The Balaban J connectivity index is 1.88. The Morgan fingerprint density at radius 3 is 2.64 bits per heavy atom. The lowest BCUT2D eigenvalue weighted by Gasteiger charge is -2.08. The minimum atomic E-state index is -4.54. The largest absolute Gasteiger partial charge is 0.417 e. The van der Waals surface area contributed by atoms with Crippen LogP contribution in [0.5, 0.6) is 0 Å². The second-order valence-electron chi connectivity index (χ2n) is 5.29. The highest BCUT2D eigenvalue weighted by Crippen LogP contribution is 2.33. The molecular weight excluding hydrogens is 395 g/mol. The van der Waals surface area contributed by atoms with E-state index in [4.69, 9.17) is 11.6 Å². The van der Waals surface area contributed by atoms with E-state index in [2.05, 4.69) is 10.2 Å². The molecular formula is C15H11ClF3N3OS2. The summed E-state index contributed by atoms with van der Waals surface area (Å²) in [7, 11) is 0. The van der Waals surface area contributed by atoms with Crippen LogP contribution in [-0.2, 0) is 6.18 Å². The number of thioether (sulfide) groups is 1. The molecule has 0 radical (unpaired) electrons. The number of carbonyl (C=O) groups excluding carboxylic acids is 1. The van der Waals surface area contributed by atoms with Crippen LogP contribution in [0, 0.1) is 13.8 Å². The van der Waals surface area contributed by atoms with E-state index in [0.717, 1.165) is 38.2 Å². The van der Waals surface area contributed by atoms with E-state index in [1.807, 2.05) is 19.9 Å². The van der Waals surface area contributed by atoms with Crippen molar-refractivity contribution in [3.63, 3.8) is 0 Å². The molecule has 0 amide bonds. The van der Waals surface area contributed by atoms with Gasteiger partial charge >= 0.3 is 6.18 Å². The van der Waals surface area contributed by atoms with Crippen LogP contribution in [0.2, 0.25) is 5.02 Å². The van der Waals surface area contributed by atoms with E-state index in [9.17, 15) is 18.0 Å². The Morgan fingerprint density at radius 1 is 1.32 bits per heavy atom. The van der Waals surface area contributed by atoms with Crippen LogP contribution in [0.25, 0.3) is 5.65 Å². The third-order valence-corrected chi connectivity index (χ3v) is 5.62. The summed E-state index contributed by atoms with van der Waals surface area (Å²) in [5.74, 6) is -0.0623. The highest BCUT2D eigenvalue weighted by atomic mass is 35.5. The van der Waals surface area contributed by atoms with Gasteiger partial charge in [0.05, 0.1) is 16.3 Å². The predicted octanol–water partition coefficient (Wildman–Crippen LogP) is 5.05. The van der Waals surface area contributed by atoms with Crippen molar-refractivity contribution in [2.24, 2.45) is 0 Å². The zero-order valence-electron chi connectivity index (χ0n) is 13.0. The van der Waals surface area contributed by atoms with Gasteiger partial charge < -0.3 is 0 Å². The molecule has 25 heavy (non-hydrogen) atoms. The molecule has 0 unspecified atom stereocenters. The molecule has 3 heterocycles. The van der Waals surface area contributed by atoms with Crippen molar-refractivity contribution in [1.29, 1.82) is 0 Å². The van der Waals surface area contributed by atoms with E-state index in [1.54, 1.807) is 0 Å². The number of aromatic nitrogens is 3. The number of halogens is 4. The van der Waals surface area contributed by atoms with Gasteiger partial charge in [-0.15, -0.1) is 21.5 Å². The van der Waals surface area contributed by atoms with Crippen molar-refractivity contribution >= 4 is 46.1 Å². The van der Waals surface area contributed by atoms with E-state index in [1.165, 1.54) is 11.3 Å². The Bertz CT molecular complexity index is 965. The van der Waals surface area contributed by atoms with Crippen molar-refractivity contribution < 1.29 is 18.0 Å². The average molecular weight is 406 g/mol. The second-order valence-corrected chi connectivity index (χ2v) is 8.10. The molecule has 0 bridgehead atoms. The topological polar surface area (TPSA) is 47.3 Å². The van der Waals surface area contributed by atoms with Crippen LogP contribution in [0.3, 0.4) is 0 Å². The first-order valence-electron chi connectivity index (χ1n) is 7.01. The molecule has 0 atom stereocenters. The van der Waals surface area contributed by atoms with Crippen molar-refractivity contribution in [3.8, 4) is 0 Å². The lowest BCUT2D eigenvalue weighted by atomic mass is 10.2. The number of Topliss-reactive ketones (excluding diaryl/α,β-unsaturated/α-hetero) is 1. The number of hydrogen-bond acceptors (Lipinski definition) is 5. The molecule has 0 aliphatic carbocycles. The summed E-state index contributed by atoms with van der Waals surface area (Å²) in [6.45, 7) is 3.77. The summed E-state index contributed by atoms with van der Waals surface area (Å²) in [4.78, 5) is 14.3. The first kappa shape index (κ1) is 18.2. The van der Waals surface area contributed by atoms with E-state index < -0.39 is 11.7 Å². The van der Waals surface area contributed by atoms with E-state index >= 15 is 0 Å². The van der Waals surface area contributed by atoms with Gasteiger partial charge in [-0.2, -0.15) is 13.2 Å². The van der Waals surface area contributed by atoms with E-state index in [-0.39, 0.29) is 27.4 Å². The van der Waals surface area contributed by atoms with Crippen LogP contribution in [0.1, 0.15) is 25.7 Å². The maximum absolute atomic E-state index is 12.9. The normalized spacial score (nSPS) is 12.1. The maximum Gasteiger partial charge on any atom is 0.417 e. The molecule has 0 saturated carbocycles. The summed E-state index contributed by atoms with van der Waals surface area (Å²) in [6, 6.07) is 2.62. The highest BCUT2D eigenvalue weighted by molar-refractivity contribution is 7.99. The quantitative estimate of drug-likeness (QED) is 0.450. The van der Waals surface area contributed by atoms with Crippen LogP contribution in [0.4, 0.5) is 13.2 Å². The number of thiophene rings is 1. The number of fused-ring (bicyclic) bond motifs is 1. The fraction of sp³-hybridized carbons (Fsp3) is 0.267. The average Bonchev–Trinajstić information content (AvgIpc) is 3.07. The summed E-state index contributed by atoms with van der Waals surface area (Å²) in [5, 5.41) is 7.68. The standard InChI is InChI=1S/C15H11ClF3N3OS2/c1-7-3-10(8(2)25-7)12(23)6-24-14-21-20-13-11(16)4-9(5-22(13)14)15(17,18)19/h3-5H,6H2,1-2H3. The molecule has 10 heteroatoms. The second kappa shape index (κ2) is 6.62. The molecule has 0 aromatic carbocycles. The number of aryl methyl sites for hydroxylation is 2. The highest BCUT2D eigenvalue weighted by Gasteiger charge is 2.32. The van der Waals surface area contributed by atoms with Crippen LogP contribution in [-0.4, -0.2) is 26.1 Å². The van der Waals surface area contributed by atoms with Gasteiger partial charge in [0, 0.05) is 21.5 Å². The number of nitrogens with zero attached hydrogens (tertiary/aromatic N) is 3. The van der Waals surface area contributed by atoms with Crippen LogP contribution < -0.4 is 0 Å².